The van der Waals surface area contributed by atoms with E-state index in [9.17, 15) is 40.3 Å². The van der Waals surface area contributed by atoms with Gasteiger partial charge in [-0.05, 0) is 130 Å². The molecule has 0 radical (unpaired) electrons. The van der Waals surface area contributed by atoms with E-state index in [-0.39, 0.29) is 124 Å². The van der Waals surface area contributed by atoms with Crippen molar-refractivity contribution in [3.8, 4) is 0 Å². The number of carbonyl (C=O) groups is 3. The van der Waals surface area contributed by atoms with Gasteiger partial charge < -0.3 is 25.8 Å². The van der Waals surface area contributed by atoms with Gasteiger partial charge in [-0.15, -0.1) is 17.7 Å². The molecule has 0 unspecified atom stereocenters. The largest absolute Gasteiger partial charge is 1.00 e. The van der Waals surface area contributed by atoms with Crippen LogP contribution in [0.4, 0.5) is 11.4 Å². The first-order valence-electron chi connectivity index (χ1n) is 22.5. The zero-order chi connectivity index (χ0) is 50.6. The molecule has 7 rings (SSSR count). The molecule has 72 heavy (non-hydrogen) atoms. The predicted molar refractivity (Wildman–Crippen MR) is 256 cm³/mol. The summed E-state index contributed by atoms with van der Waals surface area (Å²) in [7, 11) is -12.3. The Bertz CT molecular complexity index is 3070. The Morgan fingerprint density at radius 2 is 1.44 bits per heavy atom. The fourth-order valence-electron chi connectivity index (χ4n) is 9.46. The molecular weight excluding hydrogens is 1020 g/mol. The molecule has 16 nitrogen and oxygen atoms in total. The second-order valence-corrected chi connectivity index (χ2v) is 21.7. The summed E-state index contributed by atoms with van der Waals surface area (Å²) in [4.78, 5) is 44.4. The third kappa shape index (κ3) is 15.0. The van der Waals surface area contributed by atoms with Crippen LogP contribution < -0.4 is 93.6 Å². The number of rotatable bonds is 15. The minimum Gasteiger partial charge on any atom is -0.748 e. The number of nitrogens with zero attached hydrogens (tertiary/aromatic N) is 3. The molecule has 0 saturated carbocycles. The molecule has 3 aliphatic heterocycles. The number of hydrogen-bond acceptors (Lipinski definition) is 14. The van der Waals surface area contributed by atoms with Gasteiger partial charge in [0.2, 0.25) is 5.69 Å². The fraction of sp³-hybridized carbons (Fsp3) is 0.380. The van der Waals surface area contributed by atoms with E-state index in [4.69, 9.17) is 17.5 Å². The van der Waals surface area contributed by atoms with E-state index >= 15 is 0 Å². The number of hydroxylamine groups is 2. The first-order chi connectivity index (χ1) is 32.3. The zero-order valence-corrected chi connectivity index (χ0v) is 50.6. The number of imide groups is 1. The van der Waals surface area contributed by atoms with Crippen LogP contribution >= 0.6 is 0 Å². The molecule has 4 aliphatic rings. The standard InChI is InChI=1S/C50H57N3O10S2.3Na.O3S/c1-7-8-28-51-41-22-14-33(2)31-39(41)49(3,4)43(51)24-19-34-12-11-13-35(47(34)36-15-17-37(18-16-36)48(56)63-53-45(54)26-27-46(53)55)20-25-44-50(5,6)40-32-38(65(60,61)62)21-23-42(40)52(44)29-9-10-30-64(57,58)59;;;;1-4(2)3/h14-25,31-32H,1,7-13,26-30H2,2-6H3,(H,57,58,59)(H,60,61,62);;;;/q;3*+1;/p-2. The van der Waals surface area contributed by atoms with Gasteiger partial charge in [0, 0.05) is 59.6 Å². The molecule has 2 amide bonds. The third-order valence-electron chi connectivity index (χ3n) is 12.9. The van der Waals surface area contributed by atoms with Crippen molar-refractivity contribution in [1.29, 1.82) is 0 Å². The normalized spacial score (nSPS) is 18.1. The van der Waals surface area contributed by atoms with Crippen molar-refractivity contribution < 1.29 is 151 Å². The number of amides is 2. The predicted octanol–water partition coefficient (Wildman–Crippen LogP) is -1.75. The van der Waals surface area contributed by atoms with Crippen LogP contribution in [0.3, 0.4) is 0 Å². The molecule has 0 atom stereocenters. The minimum absolute atomic E-state index is 0. The van der Waals surface area contributed by atoms with Crippen molar-refractivity contribution in [2.45, 2.75) is 108 Å². The maximum absolute atomic E-state index is 13.2. The quantitative estimate of drug-likeness (QED) is 0.0410. The van der Waals surface area contributed by atoms with Crippen molar-refractivity contribution in [3.05, 3.63) is 137 Å². The van der Waals surface area contributed by atoms with Gasteiger partial charge in [-0.1, -0.05) is 49.8 Å². The van der Waals surface area contributed by atoms with Crippen LogP contribution in [0.2, 0.25) is 0 Å². The van der Waals surface area contributed by atoms with Crippen LogP contribution in [0, 0.1) is 13.8 Å². The summed E-state index contributed by atoms with van der Waals surface area (Å²) >= 11 is 0. The van der Waals surface area contributed by atoms with E-state index in [1.807, 2.05) is 43.0 Å². The molecule has 1 saturated heterocycles. The topological polar surface area (TPSA) is 236 Å². The second-order valence-electron chi connectivity index (χ2n) is 18.3. The first-order valence-corrected chi connectivity index (χ1v) is 26.5. The molecule has 368 valence electrons. The number of aryl methyl sites for hydroxylation is 1. The average molecular weight is 1070 g/mol. The monoisotopic (exact) mass is 1070 g/mol. The number of allylic oxidation sites excluding steroid dienone is 8. The summed E-state index contributed by atoms with van der Waals surface area (Å²) < 4.78 is 98.6. The van der Waals surface area contributed by atoms with Crippen LogP contribution in [-0.2, 0) is 56.1 Å². The summed E-state index contributed by atoms with van der Waals surface area (Å²) in [6, 6.07) is 17.7. The SMILES string of the molecule is O=S(=O)=O.[CH2-]CCC[N+]1=C(/C=C/C2=C(c3ccc(C(=O)ON4C(=O)CCC4=O)cc3)C(=C/C=C3/N(CCCCS(=O)(=O)[O-])c4ccc(S(=O)(=O)[O-])cc4C3(C)C)/CCC2)C(C)(C)c2cc(C)ccc21.[Na+].[Na+].[Na+]. The molecule has 0 bridgehead atoms. The van der Waals surface area contributed by atoms with E-state index in [1.165, 1.54) is 28.9 Å². The summed E-state index contributed by atoms with van der Waals surface area (Å²) in [5.41, 5.74) is 9.74. The van der Waals surface area contributed by atoms with Crippen LogP contribution in [0.5, 0.6) is 0 Å². The summed E-state index contributed by atoms with van der Waals surface area (Å²) in [6.07, 6.45) is 12.8. The van der Waals surface area contributed by atoms with Gasteiger partial charge >= 0.3 is 105 Å². The Morgan fingerprint density at radius 1 is 0.806 bits per heavy atom. The summed E-state index contributed by atoms with van der Waals surface area (Å²) in [5, 5.41) is 0.525. The van der Waals surface area contributed by atoms with Gasteiger partial charge in [0.1, 0.15) is 16.7 Å². The van der Waals surface area contributed by atoms with Crippen LogP contribution in [-0.4, -0.2) is 90.5 Å². The molecule has 3 aromatic rings. The van der Waals surface area contributed by atoms with Crippen molar-refractivity contribution in [3.63, 3.8) is 0 Å². The third-order valence-corrected chi connectivity index (χ3v) is 14.5. The minimum atomic E-state index is -4.77. The molecule has 22 heteroatoms. The Balaban J connectivity index is 0.00000188. The van der Waals surface area contributed by atoms with Crippen LogP contribution in [0.25, 0.3) is 5.57 Å². The Morgan fingerprint density at radius 3 is 2.04 bits per heavy atom. The zero-order valence-electron chi connectivity index (χ0n) is 42.1. The fourth-order valence-corrected chi connectivity index (χ4v) is 10.5. The molecule has 3 aromatic carbocycles. The molecule has 3 heterocycles. The van der Waals surface area contributed by atoms with E-state index < -0.39 is 59.8 Å². The molecule has 1 aliphatic carbocycles. The van der Waals surface area contributed by atoms with Crippen LogP contribution in [0.1, 0.15) is 118 Å². The molecule has 1 fully saturated rings. The molecular formula is C50H55N3Na3O13S3+. The number of fused-ring (bicyclic) bond motifs is 2. The van der Waals surface area contributed by atoms with E-state index in [1.54, 1.807) is 18.2 Å². The van der Waals surface area contributed by atoms with Crippen molar-refractivity contribution in [1.82, 2.24) is 5.06 Å². The van der Waals surface area contributed by atoms with Gasteiger partial charge in [-0.25, -0.2) is 21.6 Å². The van der Waals surface area contributed by atoms with Gasteiger partial charge in [0.25, 0.3) is 11.8 Å². The van der Waals surface area contributed by atoms with E-state index in [0.717, 1.165) is 65.9 Å². The second kappa shape index (κ2) is 26.3. The molecule has 0 N–H and O–H groups in total. The number of carbonyl (C=O) groups excluding carboxylic acids is 3. The van der Waals surface area contributed by atoms with Crippen molar-refractivity contribution in [2.24, 2.45) is 0 Å². The molecule has 0 spiro atoms. The van der Waals surface area contributed by atoms with Crippen molar-refractivity contribution in [2.75, 3.05) is 23.7 Å². The van der Waals surface area contributed by atoms with E-state index in [0.29, 0.717) is 35.7 Å². The first kappa shape index (κ1) is 63.4. The summed E-state index contributed by atoms with van der Waals surface area (Å²) in [5.74, 6) is -2.49. The summed E-state index contributed by atoms with van der Waals surface area (Å²) in [6.45, 7) is 15.7. The van der Waals surface area contributed by atoms with Gasteiger partial charge in [-0.2, -0.15) is 11.0 Å². The Labute approximate surface area is 490 Å². The number of hydrogen-bond donors (Lipinski definition) is 0. The van der Waals surface area contributed by atoms with E-state index in [2.05, 4.69) is 62.6 Å². The number of unbranched alkanes of at least 4 members (excludes halogenated alkanes) is 2. The number of benzene rings is 3. The Kier molecular flexibility index (Phi) is 23.1. The van der Waals surface area contributed by atoms with Gasteiger partial charge in [0.15, 0.2) is 5.71 Å². The maximum Gasteiger partial charge on any atom is 1.00 e. The molecule has 0 aromatic heterocycles. The van der Waals surface area contributed by atoms with Gasteiger partial charge in [-0.3, -0.25) is 9.59 Å². The number of anilines is 1. The maximum atomic E-state index is 13.2. The smallest absolute Gasteiger partial charge is 0.748 e. The average Bonchev–Trinajstić information content (AvgIpc) is 3.78. The Hall–Kier alpha value is -2.86. The van der Waals surface area contributed by atoms with Crippen molar-refractivity contribution >= 4 is 71.3 Å². The van der Waals surface area contributed by atoms with Crippen LogP contribution in [0.15, 0.2) is 107 Å². The van der Waals surface area contributed by atoms with Gasteiger partial charge in [0.05, 0.1) is 26.0 Å².